The van der Waals surface area contributed by atoms with Crippen molar-refractivity contribution in [1.82, 2.24) is 19.7 Å². The quantitative estimate of drug-likeness (QED) is 0.563. The summed E-state index contributed by atoms with van der Waals surface area (Å²) >= 11 is 0. The zero-order chi connectivity index (χ0) is 15.8. The average Bonchev–Trinajstić information content (AvgIpc) is 2.99. The highest BCUT2D eigenvalue weighted by Gasteiger charge is 2.12. The standard InChI is InChI=1S/C18H13FN4/c1-12-5-7-20-10-16(12)15-6-8-21-18-17(15)11-22-23(18)14-4-2-3-13(19)9-14/h2-11H,1H3. The third-order valence-electron chi connectivity index (χ3n) is 3.85. The highest BCUT2D eigenvalue weighted by molar-refractivity contribution is 5.93. The van der Waals surface area contributed by atoms with E-state index in [1.807, 2.05) is 25.3 Å². The maximum absolute atomic E-state index is 13.5. The normalized spacial score (nSPS) is 11.0. The van der Waals surface area contributed by atoms with Gasteiger partial charge < -0.3 is 0 Å². The second-order valence-electron chi connectivity index (χ2n) is 5.32. The van der Waals surface area contributed by atoms with Crippen molar-refractivity contribution in [3.8, 4) is 16.8 Å². The molecule has 4 aromatic rings. The van der Waals surface area contributed by atoms with Gasteiger partial charge in [0.1, 0.15) is 5.82 Å². The molecular weight excluding hydrogens is 291 g/mol. The molecule has 0 fully saturated rings. The molecule has 4 nitrogen and oxygen atoms in total. The van der Waals surface area contributed by atoms with E-state index in [1.54, 1.807) is 35.4 Å². The maximum atomic E-state index is 13.5. The van der Waals surface area contributed by atoms with Crippen molar-refractivity contribution in [3.63, 3.8) is 0 Å². The number of nitrogens with zero attached hydrogens (tertiary/aromatic N) is 4. The largest absolute Gasteiger partial charge is 0.264 e. The Kier molecular flexibility index (Phi) is 3.12. The monoisotopic (exact) mass is 304 g/mol. The third-order valence-corrected chi connectivity index (χ3v) is 3.85. The molecule has 0 saturated carbocycles. The topological polar surface area (TPSA) is 43.6 Å². The summed E-state index contributed by atoms with van der Waals surface area (Å²) in [5.74, 6) is -0.301. The van der Waals surface area contributed by atoms with Crippen LogP contribution < -0.4 is 0 Å². The average molecular weight is 304 g/mol. The van der Waals surface area contributed by atoms with E-state index < -0.39 is 0 Å². The van der Waals surface area contributed by atoms with E-state index in [4.69, 9.17) is 0 Å². The first-order valence-electron chi connectivity index (χ1n) is 7.24. The van der Waals surface area contributed by atoms with Gasteiger partial charge in [-0.15, -0.1) is 0 Å². The van der Waals surface area contributed by atoms with Gasteiger partial charge in [-0.1, -0.05) is 6.07 Å². The minimum Gasteiger partial charge on any atom is -0.264 e. The number of aryl methyl sites for hydroxylation is 1. The summed E-state index contributed by atoms with van der Waals surface area (Å²) in [6.45, 7) is 2.04. The van der Waals surface area contributed by atoms with Gasteiger partial charge in [0.15, 0.2) is 5.65 Å². The van der Waals surface area contributed by atoms with Crippen molar-refractivity contribution >= 4 is 11.0 Å². The van der Waals surface area contributed by atoms with Crippen molar-refractivity contribution in [2.45, 2.75) is 6.92 Å². The van der Waals surface area contributed by atoms with E-state index in [0.29, 0.717) is 11.3 Å². The number of rotatable bonds is 2. The number of pyridine rings is 2. The Labute approximate surface area is 132 Å². The first-order valence-corrected chi connectivity index (χ1v) is 7.24. The lowest BCUT2D eigenvalue weighted by atomic mass is 10.0. The molecule has 0 aliphatic carbocycles. The number of hydrogen-bond acceptors (Lipinski definition) is 3. The molecule has 0 radical (unpaired) electrons. The van der Waals surface area contributed by atoms with Crippen molar-refractivity contribution in [3.05, 3.63) is 72.6 Å². The van der Waals surface area contributed by atoms with E-state index in [-0.39, 0.29) is 5.82 Å². The van der Waals surface area contributed by atoms with E-state index in [2.05, 4.69) is 15.1 Å². The van der Waals surface area contributed by atoms with E-state index in [1.165, 1.54) is 12.1 Å². The molecule has 0 spiro atoms. The molecule has 0 unspecified atom stereocenters. The molecule has 112 valence electrons. The fraction of sp³-hybridized carbons (Fsp3) is 0.0556. The lowest BCUT2D eigenvalue weighted by Crippen LogP contribution is -1.98. The van der Waals surface area contributed by atoms with E-state index in [0.717, 1.165) is 22.1 Å². The Hall–Kier alpha value is -3.08. The van der Waals surface area contributed by atoms with Gasteiger partial charge in [0.05, 0.1) is 11.9 Å². The summed E-state index contributed by atoms with van der Waals surface area (Å²) in [4.78, 5) is 8.63. The second kappa shape index (κ2) is 5.28. The van der Waals surface area contributed by atoms with Gasteiger partial charge in [0, 0.05) is 29.5 Å². The SMILES string of the molecule is Cc1ccncc1-c1ccnc2c1cnn2-c1cccc(F)c1. The fourth-order valence-electron chi connectivity index (χ4n) is 2.71. The van der Waals surface area contributed by atoms with E-state index in [9.17, 15) is 4.39 Å². The summed E-state index contributed by atoms with van der Waals surface area (Å²) in [6, 6.07) is 10.2. The zero-order valence-corrected chi connectivity index (χ0v) is 12.4. The summed E-state index contributed by atoms with van der Waals surface area (Å²) in [5, 5.41) is 5.30. The number of fused-ring (bicyclic) bond motifs is 1. The second-order valence-corrected chi connectivity index (χ2v) is 5.32. The van der Waals surface area contributed by atoms with Crippen LogP contribution >= 0.6 is 0 Å². The fourth-order valence-corrected chi connectivity index (χ4v) is 2.71. The summed E-state index contributed by atoms with van der Waals surface area (Å²) in [5.41, 5.74) is 4.52. The molecule has 5 heteroatoms. The molecule has 0 aliphatic rings. The van der Waals surface area contributed by atoms with Crippen molar-refractivity contribution in [1.29, 1.82) is 0 Å². The van der Waals surface area contributed by atoms with Gasteiger partial charge in [-0.25, -0.2) is 14.1 Å². The van der Waals surface area contributed by atoms with Gasteiger partial charge in [-0.2, -0.15) is 5.10 Å². The molecule has 0 amide bonds. The molecule has 0 bridgehead atoms. The number of hydrogen-bond donors (Lipinski definition) is 0. The van der Waals surface area contributed by atoms with Crippen LogP contribution in [0.15, 0.2) is 61.2 Å². The van der Waals surface area contributed by atoms with Crippen LogP contribution in [-0.2, 0) is 0 Å². The molecule has 0 atom stereocenters. The van der Waals surface area contributed by atoms with Crippen molar-refractivity contribution in [2.24, 2.45) is 0 Å². The van der Waals surface area contributed by atoms with Gasteiger partial charge >= 0.3 is 0 Å². The van der Waals surface area contributed by atoms with Crippen LogP contribution in [0.2, 0.25) is 0 Å². The molecule has 0 N–H and O–H groups in total. The predicted molar refractivity (Wildman–Crippen MR) is 86.8 cm³/mol. The predicted octanol–water partition coefficient (Wildman–Crippen LogP) is 3.93. The van der Waals surface area contributed by atoms with Crippen LogP contribution in [0.1, 0.15) is 5.56 Å². The minimum atomic E-state index is -0.301. The van der Waals surface area contributed by atoms with E-state index >= 15 is 0 Å². The van der Waals surface area contributed by atoms with Crippen LogP contribution in [-0.4, -0.2) is 19.7 Å². The summed E-state index contributed by atoms with van der Waals surface area (Å²) in [7, 11) is 0. The molecule has 3 heterocycles. The molecule has 23 heavy (non-hydrogen) atoms. The number of halogens is 1. The first kappa shape index (κ1) is 13.6. The Morgan fingerprint density at radius 2 is 1.91 bits per heavy atom. The molecule has 0 saturated heterocycles. The van der Waals surface area contributed by atoms with Crippen molar-refractivity contribution in [2.75, 3.05) is 0 Å². The summed E-state index contributed by atoms with van der Waals surface area (Å²) < 4.78 is 15.1. The maximum Gasteiger partial charge on any atom is 0.163 e. The molecular formula is C18H13FN4. The van der Waals surface area contributed by atoms with Crippen LogP contribution in [0.3, 0.4) is 0 Å². The first-order chi connectivity index (χ1) is 11.2. The molecule has 0 aliphatic heterocycles. The van der Waals surface area contributed by atoms with Crippen LogP contribution in [0.4, 0.5) is 4.39 Å². The van der Waals surface area contributed by atoms with Gasteiger partial charge in [-0.3, -0.25) is 4.98 Å². The summed E-state index contributed by atoms with van der Waals surface area (Å²) in [6.07, 6.45) is 7.10. The third kappa shape index (κ3) is 2.26. The highest BCUT2D eigenvalue weighted by Crippen LogP contribution is 2.29. The highest BCUT2D eigenvalue weighted by atomic mass is 19.1. The minimum absolute atomic E-state index is 0.301. The Balaban J connectivity index is 1.96. The molecule has 4 rings (SSSR count). The zero-order valence-electron chi connectivity index (χ0n) is 12.4. The van der Waals surface area contributed by atoms with Crippen LogP contribution in [0, 0.1) is 12.7 Å². The van der Waals surface area contributed by atoms with Crippen LogP contribution in [0.25, 0.3) is 27.8 Å². The molecule has 1 aromatic carbocycles. The number of benzene rings is 1. The number of aromatic nitrogens is 4. The lowest BCUT2D eigenvalue weighted by Gasteiger charge is -2.07. The smallest absolute Gasteiger partial charge is 0.163 e. The molecule has 3 aromatic heterocycles. The van der Waals surface area contributed by atoms with Gasteiger partial charge in [0.25, 0.3) is 0 Å². The Bertz CT molecular complexity index is 1010. The van der Waals surface area contributed by atoms with Crippen molar-refractivity contribution < 1.29 is 4.39 Å². The van der Waals surface area contributed by atoms with Gasteiger partial charge in [0.2, 0.25) is 0 Å². The van der Waals surface area contributed by atoms with Gasteiger partial charge in [-0.05, 0) is 48.4 Å². The lowest BCUT2D eigenvalue weighted by molar-refractivity contribution is 0.625. The van der Waals surface area contributed by atoms with Crippen LogP contribution in [0.5, 0.6) is 0 Å². The Morgan fingerprint density at radius 3 is 2.74 bits per heavy atom. The Morgan fingerprint density at radius 1 is 1.00 bits per heavy atom.